The van der Waals surface area contributed by atoms with Crippen LogP contribution >= 0.6 is 0 Å². The van der Waals surface area contributed by atoms with Gasteiger partial charge in [-0.2, -0.15) is 0 Å². The van der Waals surface area contributed by atoms with Crippen LogP contribution in [0.3, 0.4) is 0 Å². The lowest BCUT2D eigenvalue weighted by Gasteiger charge is -2.28. The van der Waals surface area contributed by atoms with Gasteiger partial charge in [-0.05, 0) is 27.2 Å². The zero-order chi connectivity index (χ0) is 14.1. The summed E-state index contributed by atoms with van der Waals surface area (Å²) >= 11 is 4.67. The third-order valence-electron chi connectivity index (χ3n) is 2.02. The Bertz CT molecular complexity index is 290. The first-order chi connectivity index (χ1) is 8.39. The summed E-state index contributed by atoms with van der Waals surface area (Å²) in [5.41, 5.74) is 0. The third-order valence-corrected chi connectivity index (χ3v) is 6.05. The van der Waals surface area contributed by atoms with Crippen molar-refractivity contribution in [1.29, 1.82) is 0 Å². The summed E-state index contributed by atoms with van der Waals surface area (Å²) < 4.78 is 33.3. The molecule has 0 fully saturated rings. The normalized spacial score (nSPS) is 15.6. The lowest BCUT2D eigenvalue weighted by Crippen LogP contribution is -2.46. The van der Waals surface area contributed by atoms with Gasteiger partial charge in [-0.15, -0.1) is 0 Å². The van der Waals surface area contributed by atoms with E-state index in [2.05, 4.69) is 11.2 Å². The van der Waals surface area contributed by atoms with Crippen molar-refractivity contribution in [3.8, 4) is 0 Å². The summed E-state index contributed by atoms with van der Waals surface area (Å²) in [5, 5.41) is 0. The lowest BCUT2D eigenvalue weighted by atomic mass is 10.5. The lowest BCUT2D eigenvalue weighted by molar-refractivity contribution is 0.0698. The van der Waals surface area contributed by atoms with Gasteiger partial charge in [-0.25, -0.2) is 4.21 Å². The van der Waals surface area contributed by atoms with Crippen LogP contribution in [0, 0.1) is 0 Å². The van der Waals surface area contributed by atoms with Crippen LogP contribution in [0.1, 0.15) is 27.2 Å². The van der Waals surface area contributed by atoms with Gasteiger partial charge in [0, 0.05) is 43.3 Å². The van der Waals surface area contributed by atoms with Gasteiger partial charge in [0.05, 0.1) is 6.61 Å². The van der Waals surface area contributed by atoms with Gasteiger partial charge in [0.1, 0.15) is 8.77 Å². The van der Waals surface area contributed by atoms with E-state index < -0.39 is 17.6 Å². The molecule has 0 spiro atoms. The molecule has 18 heavy (non-hydrogen) atoms. The van der Waals surface area contributed by atoms with E-state index in [9.17, 15) is 4.21 Å². The zero-order valence-corrected chi connectivity index (χ0v) is 14.2. The zero-order valence-electron chi connectivity index (χ0n) is 11.6. The number of rotatable bonds is 11. The molecule has 0 aromatic rings. The Hall–Kier alpha value is 0.427. The van der Waals surface area contributed by atoms with Crippen LogP contribution in [-0.4, -0.2) is 45.7 Å². The molecule has 8 heteroatoms. The molecule has 0 saturated carbocycles. The Balaban J connectivity index is 4.29. The Morgan fingerprint density at radius 2 is 1.50 bits per heavy atom. The second-order valence-corrected chi connectivity index (χ2v) is 9.80. The summed E-state index contributed by atoms with van der Waals surface area (Å²) in [6, 6.07) is 0.646. The molecule has 0 radical (unpaired) electrons. The largest absolute Gasteiger partial charge is 0.501 e. The molecule has 110 valence electrons. The molecule has 0 rings (SSSR count). The monoisotopic (exact) mass is 316 g/mol. The average Bonchev–Trinajstić information content (AvgIpc) is 2.24. The molecule has 0 N–H and O–H groups in total. The van der Waals surface area contributed by atoms with Crippen LogP contribution in [0.15, 0.2) is 0 Å². The molecule has 0 aromatic carbocycles. The highest BCUT2D eigenvalue weighted by atomic mass is 32.8. The van der Waals surface area contributed by atoms with E-state index in [-0.39, 0.29) is 0 Å². The fraction of sp³-hybridized carbons (Fsp3) is 1.00. The van der Waals surface area contributed by atoms with Crippen molar-refractivity contribution in [3.05, 3.63) is 0 Å². The van der Waals surface area contributed by atoms with E-state index in [4.69, 9.17) is 17.5 Å². The minimum atomic E-state index is -2.60. The van der Waals surface area contributed by atoms with Gasteiger partial charge in [0.15, 0.2) is 0 Å². The molecule has 0 amide bonds. The minimum absolute atomic E-state index is 0.334. The fourth-order valence-corrected chi connectivity index (χ4v) is 4.70. The average molecular weight is 317 g/mol. The molecular weight excluding hydrogens is 292 g/mol. The quantitative estimate of drug-likeness (QED) is 0.427. The van der Waals surface area contributed by atoms with E-state index in [1.165, 1.54) is 6.26 Å². The fourth-order valence-electron chi connectivity index (χ4n) is 1.50. The predicted octanol–water partition coefficient (Wildman–Crippen LogP) is 1.73. The molecule has 0 aliphatic rings. The van der Waals surface area contributed by atoms with Gasteiger partial charge >= 0.3 is 8.80 Å². The first-order valence-electron chi connectivity index (χ1n) is 6.15. The van der Waals surface area contributed by atoms with Crippen molar-refractivity contribution in [3.63, 3.8) is 0 Å². The van der Waals surface area contributed by atoms with Crippen molar-refractivity contribution in [1.82, 2.24) is 0 Å². The molecule has 0 aliphatic carbocycles. The Kier molecular flexibility index (Phi) is 9.57. The standard InChI is InChI=1S/C10H24O5S2Si/c1-5-13-18(14-6-2,15-7-3)10-8-9-12-17(4,11)16/h5-10H2,1-4H3. The maximum atomic E-state index is 11.2. The summed E-state index contributed by atoms with van der Waals surface area (Å²) in [5.74, 6) is 0. The Labute approximate surface area is 116 Å². The first kappa shape index (κ1) is 18.4. The minimum Gasteiger partial charge on any atom is -0.374 e. The number of hydrogen-bond donors (Lipinski definition) is 0. The maximum Gasteiger partial charge on any atom is 0.501 e. The van der Waals surface area contributed by atoms with Crippen LogP contribution in [0.25, 0.3) is 0 Å². The number of hydrogen-bond acceptors (Lipinski definition) is 6. The van der Waals surface area contributed by atoms with Crippen molar-refractivity contribution in [2.45, 2.75) is 33.2 Å². The maximum absolute atomic E-state index is 11.2. The second-order valence-electron chi connectivity index (χ2n) is 3.61. The van der Waals surface area contributed by atoms with Crippen molar-refractivity contribution < 1.29 is 21.7 Å². The first-order valence-corrected chi connectivity index (χ1v) is 10.9. The molecule has 1 unspecified atom stereocenters. The van der Waals surface area contributed by atoms with Gasteiger partial charge in [-0.1, -0.05) is 0 Å². The second kappa shape index (κ2) is 9.35. The molecule has 0 bridgehead atoms. The van der Waals surface area contributed by atoms with Crippen LogP contribution in [0.5, 0.6) is 0 Å². The molecule has 0 saturated heterocycles. The van der Waals surface area contributed by atoms with Crippen LogP contribution in [0.2, 0.25) is 6.04 Å². The summed E-state index contributed by atoms with van der Waals surface area (Å²) in [4.78, 5) is 0. The van der Waals surface area contributed by atoms with E-state index in [1.807, 2.05) is 20.8 Å². The smallest absolute Gasteiger partial charge is 0.374 e. The third kappa shape index (κ3) is 8.52. The summed E-state index contributed by atoms with van der Waals surface area (Å²) in [7, 11) is -5.15. The van der Waals surface area contributed by atoms with Crippen LogP contribution in [0.4, 0.5) is 0 Å². The predicted molar refractivity (Wildman–Crippen MR) is 77.4 cm³/mol. The van der Waals surface area contributed by atoms with Crippen molar-refractivity contribution in [2.75, 3.05) is 32.7 Å². The molecule has 0 aliphatic heterocycles. The Morgan fingerprint density at radius 3 is 1.83 bits per heavy atom. The van der Waals surface area contributed by atoms with Crippen LogP contribution in [-0.2, 0) is 37.4 Å². The molecule has 0 aromatic heterocycles. The topological polar surface area (TPSA) is 54.0 Å². The highest BCUT2D eigenvalue weighted by molar-refractivity contribution is 8.29. The molecular formula is C10H24O5S2Si. The molecule has 0 heterocycles. The van der Waals surface area contributed by atoms with E-state index in [0.29, 0.717) is 38.9 Å². The van der Waals surface area contributed by atoms with Crippen molar-refractivity contribution in [2.24, 2.45) is 0 Å². The van der Waals surface area contributed by atoms with Gasteiger partial charge in [0.2, 0.25) is 0 Å². The molecule has 5 nitrogen and oxygen atoms in total. The highest BCUT2D eigenvalue weighted by Crippen LogP contribution is 2.18. The molecule has 1 atom stereocenters. The van der Waals surface area contributed by atoms with E-state index in [0.717, 1.165) is 0 Å². The van der Waals surface area contributed by atoms with Crippen molar-refractivity contribution >= 4 is 28.8 Å². The van der Waals surface area contributed by atoms with Gasteiger partial charge < -0.3 is 13.3 Å². The highest BCUT2D eigenvalue weighted by Gasteiger charge is 2.39. The van der Waals surface area contributed by atoms with Crippen LogP contribution < -0.4 is 0 Å². The summed E-state index contributed by atoms with van der Waals surface area (Å²) in [6.07, 6.45) is 2.06. The van der Waals surface area contributed by atoms with E-state index in [1.54, 1.807) is 0 Å². The van der Waals surface area contributed by atoms with Gasteiger partial charge in [-0.3, -0.25) is 4.18 Å². The van der Waals surface area contributed by atoms with E-state index >= 15 is 0 Å². The SMILES string of the molecule is CCO[Si](CCCOS(C)(=O)=S)(OCC)OCC. The van der Waals surface area contributed by atoms with Gasteiger partial charge in [0.25, 0.3) is 0 Å². The summed E-state index contributed by atoms with van der Waals surface area (Å²) in [6.45, 7) is 7.74. The Morgan fingerprint density at radius 1 is 1.06 bits per heavy atom.